The maximum absolute atomic E-state index is 12.7. The summed E-state index contributed by atoms with van der Waals surface area (Å²) >= 11 is 5.87. The van der Waals surface area contributed by atoms with Crippen molar-refractivity contribution in [2.24, 2.45) is 0 Å². The summed E-state index contributed by atoms with van der Waals surface area (Å²) in [6.45, 7) is 0. The van der Waals surface area contributed by atoms with Crippen LogP contribution in [0.15, 0.2) is 42.5 Å². The molecule has 0 heterocycles. The Balaban J connectivity index is 2.17. The number of hydrogen-bond donors (Lipinski definition) is 1. The zero-order valence-electron chi connectivity index (χ0n) is 8.71. The quantitative estimate of drug-likeness (QED) is 0.866. The smallest absolute Gasteiger partial charge is 0.257 e. The van der Waals surface area contributed by atoms with Gasteiger partial charge in [-0.15, -0.1) is 0 Å². The average molecular weight is 249 g/mol. The summed E-state index contributed by atoms with van der Waals surface area (Å²) < 4.78 is 12.7. The molecule has 17 heavy (non-hydrogen) atoms. The van der Waals surface area contributed by atoms with Gasteiger partial charge in [-0.05, 0) is 42.5 Å². The highest BCUT2D eigenvalue weighted by Gasteiger charge is 2.09. The van der Waals surface area contributed by atoms with E-state index in [4.69, 9.17) is 11.6 Å². The van der Waals surface area contributed by atoms with E-state index in [9.17, 15) is 9.18 Å². The molecule has 0 bridgehead atoms. The van der Waals surface area contributed by atoms with Crippen LogP contribution in [0.3, 0.4) is 0 Å². The third-order valence-electron chi connectivity index (χ3n) is 2.16. The summed E-state index contributed by atoms with van der Waals surface area (Å²) in [5.74, 6) is -0.701. The summed E-state index contributed by atoms with van der Waals surface area (Å²) in [5.41, 5.74) is 0.842. The Labute approximate surface area is 103 Å². The van der Waals surface area contributed by atoms with Crippen molar-refractivity contribution in [1.29, 1.82) is 0 Å². The minimum atomic E-state index is -0.353. The van der Waals surface area contributed by atoms with Crippen molar-refractivity contribution >= 4 is 23.2 Å². The fourth-order valence-corrected chi connectivity index (χ4v) is 1.52. The van der Waals surface area contributed by atoms with E-state index in [1.165, 1.54) is 30.3 Å². The van der Waals surface area contributed by atoms with Crippen LogP contribution < -0.4 is 5.32 Å². The van der Waals surface area contributed by atoms with Gasteiger partial charge in [-0.3, -0.25) is 4.79 Å². The standard InChI is InChI=1S/C13H8ClFNO/c14-12-4-2-1-3-11(12)13(17)16-10-7-5-9(15)6-8-10/h2-8H,(H,16,17). The Kier molecular flexibility index (Phi) is 3.40. The van der Waals surface area contributed by atoms with Crippen LogP contribution in [-0.4, -0.2) is 5.91 Å². The van der Waals surface area contributed by atoms with Gasteiger partial charge in [0.2, 0.25) is 0 Å². The maximum atomic E-state index is 12.7. The third-order valence-corrected chi connectivity index (χ3v) is 2.49. The summed E-state index contributed by atoms with van der Waals surface area (Å²) in [4.78, 5) is 11.8. The average Bonchev–Trinajstić information content (AvgIpc) is 2.32. The van der Waals surface area contributed by atoms with E-state index >= 15 is 0 Å². The predicted molar refractivity (Wildman–Crippen MR) is 64.6 cm³/mol. The molecule has 0 aliphatic rings. The topological polar surface area (TPSA) is 29.1 Å². The highest BCUT2D eigenvalue weighted by atomic mass is 35.5. The van der Waals surface area contributed by atoms with E-state index in [1.807, 2.05) is 0 Å². The fourth-order valence-electron chi connectivity index (χ4n) is 1.32. The van der Waals surface area contributed by atoms with Crippen molar-refractivity contribution in [3.63, 3.8) is 0 Å². The Morgan fingerprint density at radius 3 is 2.59 bits per heavy atom. The molecule has 1 N–H and O–H groups in total. The van der Waals surface area contributed by atoms with E-state index in [2.05, 4.69) is 11.4 Å². The normalized spacial score (nSPS) is 10.0. The van der Waals surface area contributed by atoms with Crippen LogP contribution in [0.5, 0.6) is 0 Å². The van der Waals surface area contributed by atoms with Gasteiger partial charge in [0.05, 0.1) is 10.6 Å². The second-order valence-corrected chi connectivity index (χ2v) is 3.77. The van der Waals surface area contributed by atoms with E-state index in [-0.39, 0.29) is 11.7 Å². The van der Waals surface area contributed by atoms with Crippen molar-refractivity contribution in [3.05, 3.63) is 64.9 Å². The van der Waals surface area contributed by atoms with Crippen LogP contribution >= 0.6 is 11.6 Å². The van der Waals surface area contributed by atoms with E-state index in [1.54, 1.807) is 12.1 Å². The molecule has 0 unspecified atom stereocenters. The first-order valence-electron chi connectivity index (χ1n) is 4.89. The highest BCUT2D eigenvalue weighted by Crippen LogP contribution is 2.17. The van der Waals surface area contributed by atoms with Crippen molar-refractivity contribution < 1.29 is 9.18 Å². The molecule has 2 nitrogen and oxygen atoms in total. The van der Waals surface area contributed by atoms with Gasteiger partial charge < -0.3 is 5.32 Å². The molecule has 2 aromatic carbocycles. The Bertz CT molecular complexity index is 539. The number of nitrogens with one attached hydrogen (secondary N) is 1. The van der Waals surface area contributed by atoms with Crippen molar-refractivity contribution in [2.45, 2.75) is 0 Å². The third kappa shape index (κ3) is 2.82. The Morgan fingerprint density at radius 1 is 1.24 bits per heavy atom. The summed E-state index contributed by atoms with van der Waals surface area (Å²) in [7, 11) is 0. The number of benzene rings is 2. The number of carbonyl (C=O) groups is 1. The van der Waals surface area contributed by atoms with Gasteiger partial charge in [-0.2, -0.15) is 0 Å². The first kappa shape index (κ1) is 11.6. The second kappa shape index (κ2) is 4.97. The molecule has 0 aliphatic heterocycles. The molecule has 1 radical (unpaired) electrons. The molecule has 0 aliphatic carbocycles. The van der Waals surface area contributed by atoms with Crippen molar-refractivity contribution in [2.75, 3.05) is 5.32 Å². The van der Waals surface area contributed by atoms with Crippen molar-refractivity contribution in [3.8, 4) is 0 Å². The lowest BCUT2D eigenvalue weighted by Gasteiger charge is -2.06. The monoisotopic (exact) mass is 248 g/mol. The molecule has 1 amide bonds. The number of halogens is 2. The Hall–Kier alpha value is -1.87. The first-order chi connectivity index (χ1) is 8.16. The molecular formula is C13H8ClFNO. The van der Waals surface area contributed by atoms with Gasteiger partial charge in [0, 0.05) is 5.69 Å². The van der Waals surface area contributed by atoms with Crippen LogP contribution in [0.4, 0.5) is 10.1 Å². The summed E-state index contributed by atoms with van der Waals surface area (Å²) in [6, 6.07) is 13.0. The Morgan fingerprint density at radius 2 is 1.94 bits per heavy atom. The highest BCUT2D eigenvalue weighted by molar-refractivity contribution is 6.34. The number of carbonyl (C=O) groups excluding carboxylic acids is 1. The minimum Gasteiger partial charge on any atom is -0.322 e. The largest absolute Gasteiger partial charge is 0.322 e. The number of hydrogen-bond acceptors (Lipinski definition) is 1. The van der Waals surface area contributed by atoms with Crippen LogP contribution in [-0.2, 0) is 0 Å². The molecule has 85 valence electrons. The minimum absolute atomic E-state index is 0.332. The SMILES string of the molecule is O=C(Nc1ccc(F)cc1)c1c[c]ccc1Cl. The van der Waals surface area contributed by atoms with Crippen LogP contribution in [0, 0.1) is 11.9 Å². The molecule has 4 heteroatoms. The van der Waals surface area contributed by atoms with Gasteiger partial charge in [0.1, 0.15) is 5.82 Å². The van der Waals surface area contributed by atoms with E-state index < -0.39 is 0 Å². The molecule has 0 saturated carbocycles. The summed E-state index contributed by atoms with van der Waals surface area (Å²) in [6.07, 6.45) is 0. The van der Waals surface area contributed by atoms with Gasteiger partial charge >= 0.3 is 0 Å². The van der Waals surface area contributed by atoms with E-state index in [0.717, 1.165) is 0 Å². The molecular weight excluding hydrogens is 241 g/mol. The molecule has 0 fully saturated rings. The number of amides is 1. The van der Waals surface area contributed by atoms with E-state index in [0.29, 0.717) is 16.3 Å². The van der Waals surface area contributed by atoms with Gasteiger partial charge in [-0.25, -0.2) is 4.39 Å². The van der Waals surface area contributed by atoms with Crippen molar-refractivity contribution in [1.82, 2.24) is 0 Å². The number of rotatable bonds is 2. The zero-order chi connectivity index (χ0) is 12.3. The molecule has 0 spiro atoms. The van der Waals surface area contributed by atoms with Gasteiger partial charge in [-0.1, -0.05) is 17.7 Å². The lowest BCUT2D eigenvalue weighted by Crippen LogP contribution is -2.12. The van der Waals surface area contributed by atoms with Crippen LogP contribution in [0.2, 0.25) is 5.02 Å². The predicted octanol–water partition coefficient (Wildman–Crippen LogP) is 3.53. The fraction of sp³-hybridized carbons (Fsp3) is 0. The molecule has 2 rings (SSSR count). The zero-order valence-corrected chi connectivity index (χ0v) is 9.46. The van der Waals surface area contributed by atoms with Gasteiger partial charge in [0.25, 0.3) is 5.91 Å². The lowest BCUT2D eigenvalue weighted by atomic mass is 10.2. The first-order valence-corrected chi connectivity index (χ1v) is 5.27. The van der Waals surface area contributed by atoms with Crippen LogP contribution in [0.25, 0.3) is 0 Å². The molecule has 0 aromatic heterocycles. The molecule has 2 aromatic rings. The lowest BCUT2D eigenvalue weighted by molar-refractivity contribution is 0.102. The van der Waals surface area contributed by atoms with Crippen LogP contribution in [0.1, 0.15) is 10.4 Å². The second-order valence-electron chi connectivity index (χ2n) is 3.37. The summed E-state index contributed by atoms with van der Waals surface area (Å²) in [5, 5.41) is 2.97. The van der Waals surface area contributed by atoms with Gasteiger partial charge in [0.15, 0.2) is 0 Å². The molecule has 0 atom stereocenters. The number of anilines is 1. The maximum Gasteiger partial charge on any atom is 0.257 e. The molecule has 0 saturated heterocycles.